The lowest BCUT2D eigenvalue weighted by molar-refractivity contribution is -0.134. The monoisotopic (exact) mass is 326 g/mol. The van der Waals surface area contributed by atoms with Crippen molar-refractivity contribution in [1.29, 1.82) is 0 Å². The predicted octanol–water partition coefficient (Wildman–Crippen LogP) is 2.28. The van der Waals surface area contributed by atoms with Crippen LogP contribution in [0.1, 0.15) is 17.5 Å². The van der Waals surface area contributed by atoms with E-state index >= 15 is 0 Å². The highest BCUT2D eigenvalue weighted by atomic mass is 16.5. The molecular weight excluding hydrogens is 304 g/mol. The normalized spacial score (nSPS) is 10.2. The third kappa shape index (κ3) is 5.43. The predicted molar refractivity (Wildman–Crippen MR) is 92.3 cm³/mol. The van der Waals surface area contributed by atoms with Crippen LogP contribution in [0.2, 0.25) is 0 Å². The van der Waals surface area contributed by atoms with Gasteiger partial charge in [-0.3, -0.25) is 9.59 Å². The van der Waals surface area contributed by atoms with E-state index in [9.17, 15) is 9.59 Å². The van der Waals surface area contributed by atoms with E-state index in [1.165, 1.54) is 0 Å². The van der Waals surface area contributed by atoms with Crippen LogP contribution in [0, 0.1) is 6.92 Å². The summed E-state index contributed by atoms with van der Waals surface area (Å²) in [7, 11) is 0. The van der Waals surface area contributed by atoms with Crippen molar-refractivity contribution in [3.05, 3.63) is 65.7 Å². The lowest BCUT2D eigenvalue weighted by Gasteiger charge is -2.22. The second kappa shape index (κ2) is 8.72. The molecule has 5 nitrogen and oxygen atoms in total. The smallest absolute Gasteiger partial charge is 0.260 e. The van der Waals surface area contributed by atoms with Gasteiger partial charge < -0.3 is 15.4 Å². The van der Waals surface area contributed by atoms with E-state index in [-0.39, 0.29) is 25.5 Å². The lowest BCUT2D eigenvalue weighted by Crippen LogP contribution is -2.36. The molecule has 2 N–H and O–H groups in total. The minimum absolute atomic E-state index is 0.0730. The highest BCUT2D eigenvalue weighted by Crippen LogP contribution is 2.16. The number of aryl methyl sites for hydroxylation is 1. The number of benzene rings is 2. The third-order valence-electron chi connectivity index (χ3n) is 3.64. The number of hydrogen-bond acceptors (Lipinski definition) is 3. The number of nitrogens with zero attached hydrogens (tertiary/aromatic N) is 1. The number of carbonyl (C=O) groups excluding carboxylic acids is 2. The van der Waals surface area contributed by atoms with E-state index < -0.39 is 5.91 Å². The summed E-state index contributed by atoms with van der Waals surface area (Å²) in [6.45, 7) is 2.55. The van der Waals surface area contributed by atoms with Crippen LogP contribution in [-0.2, 0) is 16.1 Å². The van der Waals surface area contributed by atoms with Gasteiger partial charge in [0.05, 0.1) is 0 Å². The second-order valence-corrected chi connectivity index (χ2v) is 5.57. The van der Waals surface area contributed by atoms with Crippen LogP contribution in [-0.4, -0.2) is 29.9 Å². The Hall–Kier alpha value is -2.82. The molecule has 5 heteroatoms. The summed E-state index contributed by atoms with van der Waals surface area (Å²) in [6, 6.07) is 17.1. The number of amides is 2. The maximum absolute atomic E-state index is 12.5. The second-order valence-electron chi connectivity index (χ2n) is 5.57. The van der Waals surface area contributed by atoms with Crippen LogP contribution in [0.4, 0.5) is 0 Å². The van der Waals surface area contributed by atoms with Gasteiger partial charge in [-0.2, -0.15) is 0 Å². The summed E-state index contributed by atoms with van der Waals surface area (Å²) < 4.78 is 5.62. The Labute approximate surface area is 142 Å². The van der Waals surface area contributed by atoms with E-state index in [2.05, 4.69) is 0 Å². The molecule has 0 saturated heterocycles. The van der Waals surface area contributed by atoms with E-state index in [0.717, 1.165) is 11.1 Å². The van der Waals surface area contributed by atoms with E-state index in [0.29, 0.717) is 12.3 Å². The van der Waals surface area contributed by atoms with Crippen LogP contribution < -0.4 is 10.5 Å². The van der Waals surface area contributed by atoms with Crippen molar-refractivity contribution in [3.63, 3.8) is 0 Å². The van der Waals surface area contributed by atoms with Crippen LogP contribution >= 0.6 is 0 Å². The lowest BCUT2D eigenvalue weighted by atomic mass is 10.2. The maximum Gasteiger partial charge on any atom is 0.260 e. The standard InChI is InChI=1S/C19H22N2O3/c1-15-7-5-6-10-17(15)24-14-19(23)21(12-11-18(20)22)13-16-8-3-2-4-9-16/h2-10H,11-14H2,1H3,(H2,20,22). The van der Waals surface area contributed by atoms with Crippen molar-refractivity contribution in [2.45, 2.75) is 19.9 Å². The first-order chi connectivity index (χ1) is 11.6. The van der Waals surface area contributed by atoms with E-state index in [1.807, 2.05) is 61.5 Å². The summed E-state index contributed by atoms with van der Waals surface area (Å²) in [4.78, 5) is 25.1. The van der Waals surface area contributed by atoms with Gasteiger partial charge in [-0.15, -0.1) is 0 Å². The van der Waals surface area contributed by atoms with E-state index in [4.69, 9.17) is 10.5 Å². The van der Waals surface area contributed by atoms with Crippen LogP contribution in [0.5, 0.6) is 5.75 Å². The first kappa shape index (κ1) is 17.5. The maximum atomic E-state index is 12.5. The number of para-hydroxylation sites is 1. The van der Waals surface area contributed by atoms with Crippen molar-refractivity contribution in [2.75, 3.05) is 13.2 Å². The fraction of sp³-hybridized carbons (Fsp3) is 0.263. The highest BCUT2D eigenvalue weighted by molar-refractivity contribution is 5.79. The molecule has 2 aromatic rings. The summed E-state index contributed by atoms with van der Waals surface area (Å²) in [6.07, 6.45) is 0.128. The van der Waals surface area contributed by atoms with Crippen molar-refractivity contribution >= 4 is 11.8 Å². The van der Waals surface area contributed by atoms with E-state index in [1.54, 1.807) is 4.90 Å². The van der Waals surface area contributed by atoms with Crippen molar-refractivity contribution < 1.29 is 14.3 Å². The molecule has 0 aromatic heterocycles. The molecule has 0 heterocycles. The molecule has 0 aliphatic carbocycles. The number of rotatable bonds is 8. The largest absolute Gasteiger partial charge is 0.484 e. The fourth-order valence-corrected chi connectivity index (χ4v) is 2.29. The molecule has 0 fully saturated rings. The zero-order valence-corrected chi connectivity index (χ0v) is 13.8. The minimum atomic E-state index is -0.430. The van der Waals surface area contributed by atoms with Crippen LogP contribution in [0.15, 0.2) is 54.6 Å². The van der Waals surface area contributed by atoms with Gasteiger partial charge in [-0.05, 0) is 24.1 Å². The Balaban J connectivity index is 2.00. The highest BCUT2D eigenvalue weighted by Gasteiger charge is 2.16. The van der Waals surface area contributed by atoms with Crippen LogP contribution in [0.3, 0.4) is 0 Å². The van der Waals surface area contributed by atoms with Crippen molar-refractivity contribution in [3.8, 4) is 5.75 Å². The number of carbonyl (C=O) groups is 2. The molecular formula is C19H22N2O3. The fourth-order valence-electron chi connectivity index (χ4n) is 2.29. The number of hydrogen-bond donors (Lipinski definition) is 1. The van der Waals surface area contributed by atoms with Gasteiger partial charge in [0.15, 0.2) is 6.61 Å². The Morgan fingerprint density at radius 3 is 2.38 bits per heavy atom. The zero-order valence-electron chi connectivity index (χ0n) is 13.8. The van der Waals surface area contributed by atoms with Gasteiger partial charge in [0.25, 0.3) is 5.91 Å². The molecule has 0 saturated carbocycles. The molecule has 0 aliphatic rings. The molecule has 2 aromatic carbocycles. The van der Waals surface area contributed by atoms with Gasteiger partial charge in [-0.25, -0.2) is 0 Å². The number of ether oxygens (including phenoxy) is 1. The molecule has 0 radical (unpaired) electrons. The molecule has 24 heavy (non-hydrogen) atoms. The molecule has 2 rings (SSSR count). The molecule has 0 spiro atoms. The molecule has 0 unspecified atom stereocenters. The molecule has 126 valence electrons. The quantitative estimate of drug-likeness (QED) is 0.809. The number of primary amides is 1. The van der Waals surface area contributed by atoms with Crippen LogP contribution in [0.25, 0.3) is 0 Å². The Morgan fingerprint density at radius 1 is 1.04 bits per heavy atom. The van der Waals surface area contributed by atoms with Gasteiger partial charge in [0.1, 0.15) is 5.75 Å². The summed E-state index contributed by atoms with van der Waals surface area (Å²) in [5, 5.41) is 0. The van der Waals surface area contributed by atoms with Gasteiger partial charge in [0.2, 0.25) is 5.91 Å². The topological polar surface area (TPSA) is 72.6 Å². The zero-order chi connectivity index (χ0) is 17.4. The first-order valence-corrected chi connectivity index (χ1v) is 7.84. The average Bonchev–Trinajstić information content (AvgIpc) is 2.58. The Morgan fingerprint density at radius 2 is 1.71 bits per heavy atom. The summed E-state index contributed by atoms with van der Waals surface area (Å²) in [5.74, 6) is 0.0736. The first-order valence-electron chi connectivity index (χ1n) is 7.84. The van der Waals surface area contributed by atoms with Gasteiger partial charge in [-0.1, -0.05) is 48.5 Å². The summed E-state index contributed by atoms with van der Waals surface area (Å²) >= 11 is 0. The van der Waals surface area contributed by atoms with Gasteiger partial charge >= 0.3 is 0 Å². The minimum Gasteiger partial charge on any atom is -0.484 e. The molecule has 0 bridgehead atoms. The Kier molecular flexibility index (Phi) is 6.37. The van der Waals surface area contributed by atoms with Crippen molar-refractivity contribution in [1.82, 2.24) is 4.90 Å². The average molecular weight is 326 g/mol. The molecule has 0 atom stereocenters. The van der Waals surface area contributed by atoms with Crippen molar-refractivity contribution in [2.24, 2.45) is 5.73 Å². The number of nitrogens with two attached hydrogens (primary N) is 1. The molecule has 2 amide bonds. The SMILES string of the molecule is Cc1ccccc1OCC(=O)N(CCC(N)=O)Cc1ccccc1. The summed E-state index contributed by atoms with van der Waals surface area (Å²) in [5.41, 5.74) is 7.17. The Bertz CT molecular complexity index is 686. The van der Waals surface area contributed by atoms with Gasteiger partial charge in [0, 0.05) is 19.5 Å². The molecule has 0 aliphatic heterocycles. The third-order valence-corrected chi connectivity index (χ3v) is 3.64.